The first kappa shape index (κ1) is 18.9. The highest BCUT2D eigenvalue weighted by atomic mass is 32.2. The molecule has 1 heterocycles. The number of ether oxygens (including phenoxy) is 1. The summed E-state index contributed by atoms with van der Waals surface area (Å²) in [5.41, 5.74) is 1.99. The summed E-state index contributed by atoms with van der Waals surface area (Å²) >= 11 is 0. The molecule has 6 nitrogen and oxygen atoms in total. The molecule has 0 saturated carbocycles. The number of nitrogens with one attached hydrogen (secondary N) is 1. The van der Waals surface area contributed by atoms with Gasteiger partial charge in [0.05, 0.1) is 35.6 Å². The van der Waals surface area contributed by atoms with E-state index in [4.69, 9.17) is 4.74 Å². The summed E-state index contributed by atoms with van der Waals surface area (Å²) < 4.78 is 48.5. The van der Waals surface area contributed by atoms with Gasteiger partial charge >= 0.3 is 0 Å². The smallest absolute Gasteiger partial charge is 0.262 e. The van der Waals surface area contributed by atoms with Gasteiger partial charge in [-0.1, -0.05) is 18.2 Å². The number of halogens is 1. The van der Waals surface area contributed by atoms with Crippen LogP contribution >= 0.6 is 0 Å². The van der Waals surface area contributed by atoms with Crippen LogP contribution < -0.4 is 9.46 Å². The minimum absolute atomic E-state index is 0.115. The Balaban J connectivity index is 1.89. The molecule has 0 atom stereocenters. The standard InChI is InChI=1S/C19H20FN3O3S/c1-13-19(22-27(24,25)17-10-8-16(26-3)9-11-17)14(2)23(21-13)12-15-6-4-5-7-18(15)20/h4-11,22H,12H2,1-3H3. The maximum atomic E-state index is 13.9. The van der Waals surface area contributed by atoms with E-state index in [-0.39, 0.29) is 17.3 Å². The lowest BCUT2D eigenvalue weighted by Gasteiger charge is -2.10. The normalized spacial score (nSPS) is 11.4. The van der Waals surface area contributed by atoms with Crippen LogP contribution in [-0.2, 0) is 16.6 Å². The van der Waals surface area contributed by atoms with Crippen molar-refractivity contribution in [3.8, 4) is 5.75 Å². The summed E-state index contributed by atoms with van der Waals surface area (Å²) in [6, 6.07) is 12.5. The summed E-state index contributed by atoms with van der Waals surface area (Å²) in [6.45, 7) is 3.66. The van der Waals surface area contributed by atoms with Crippen molar-refractivity contribution in [3.05, 3.63) is 71.3 Å². The lowest BCUT2D eigenvalue weighted by Crippen LogP contribution is -2.14. The van der Waals surface area contributed by atoms with Crippen LogP contribution in [0.4, 0.5) is 10.1 Å². The van der Waals surface area contributed by atoms with Crippen molar-refractivity contribution in [2.75, 3.05) is 11.8 Å². The topological polar surface area (TPSA) is 73.2 Å². The maximum Gasteiger partial charge on any atom is 0.262 e. The highest BCUT2D eigenvalue weighted by Gasteiger charge is 2.20. The summed E-state index contributed by atoms with van der Waals surface area (Å²) in [5.74, 6) is 0.240. The molecule has 0 bridgehead atoms. The van der Waals surface area contributed by atoms with E-state index < -0.39 is 10.0 Å². The molecule has 0 aliphatic rings. The Morgan fingerprint density at radius 1 is 1.11 bits per heavy atom. The van der Waals surface area contributed by atoms with Crippen LogP contribution in [0.2, 0.25) is 0 Å². The zero-order chi connectivity index (χ0) is 19.6. The zero-order valence-corrected chi connectivity index (χ0v) is 16.0. The SMILES string of the molecule is COc1ccc(S(=O)(=O)Nc2c(C)nn(Cc3ccccc3F)c2C)cc1. The van der Waals surface area contributed by atoms with Crippen LogP contribution in [-0.4, -0.2) is 25.3 Å². The van der Waals surface area contributed by atoms with Crippen LogP contribution in [0.1, 0.15) is 17.0 Å². The minimum atomic E-state index is -3.78. The number of aryl methyl sites for hydroxylation is 1. The van der Waals surface area contributed by atoms with Gasteiger partial charge in [0.15, 0.2) is 0 Å². The van der Waals surface area contributed by atoms with Gasteiger partial charge in [0, 0.05) is 5.56 Å². The van der Waals surface area contributed by atoms with Gasteiger partial charge in [-0.25, -0.2) is 12.8 Å². The van der Waals surface area contributed by atoms with Crippen molar-refractivity contribution in [1.29, 1.82) is 0 Å². The van der Waals surface area contributed by atoms with E-state index in [0.717, 1.165) is 0 Å². The third-order valence-corrected chi connectivity index (χ3v) is 5.63. The lowest BCUT2D eigenvalue weighted by atomic mass is 10.2. The molecular formula is C19H20FN3O3S. The number of aromatic nitrogens is 2. The summed E-state index contributed by atoms with van der Waals surface area (Å²) in [4.78, 5) is 0.115. The lowest BCUT2D eigenvalue weighted by molar-refractivity contribution is 0.414. The number of nitrogens with zero attached hydrogens (tertiary/aromatic N) is 2. The van der Waals surface area contributed by atoms with E-state index in [9.17, 15) is 12.8 Å². The second-order valence-corrected chi connectivity index (χ2v) is 7.76. The second kappa shape index (κ2) is 7.40. The van der Waals surface area contributed by atoms with Crippen molar-refractivity contribution in [1.82, 2.24) is 9.78 Å². The third-order valence-electron chi connectivity index (χ3n) is 4.27. The fourth-order valence-electron chi connectivity index (χ4n) is 2.73. The largest absolute Gasteiger partial charge is 0.497 e. The summed E-state index contributed by atoms with van der Waals surface area (Å²) in [6.07, 6.45) is 0. The number of benzene rings is 2. The monoisotopic (exact) mass is 389 g/mol. The molecule has 0 aliphatic carbocycles. The van der Waals surface area contributed by atoms with Crippen LogP contribution in [0.3, 0.4) is 0 Å². The molecule has 1 aromatic heterocycles. The molecule has 0 unspecified atom stereocenters. The van der Waals surface area contributed by atoms with Crippen molar-refractivity contribution >= 4 is 15.7 Å². The van der Waals surface area contributed by atoms with E-state index >= 15 is 0 Å². The van der Waals surface area contributed by atoms with Gasteiger partial charge < -0.3 is 4.74 Å². The fraction of sp³-hybridized carbons (Fsp3) is 0.211. The molecular weight excluding hydrogens is 369 g/mol. The van der Waals surface area contributed by atoms with Crippen molar-refractivity contribution < 1.29 is 17.5 Å². The highest BCUT2D eigenvalue weighted by Crippen LogP contribution is 2.25. The Bertz CT molecular complexity index is 1060. The molecule has 0 radical (unpaired) electrons. The third kappa shape index (κ3) is 3.95. The van der Waals surface area contributed by atoms with E-state index in [2.05, 4.69) is 9.82 Å². The Labute approximate surface area is 157 Å². The predicted octanol–water partition coefficient (Wildman–Crippen LogP) is 3.50. The average Bonchev–Trinajstić information content (AvgIpc) is 2.91. The molecule has 0 fully saturated rings. The Hall–Kier alpha value is -2.87. The molecule has 1 N–H and O–H groups in total. The molecule has 27 heavy (non-hydrogen) atoms. The first-order chi connectivity index (χ1) is 12.8. The van der Waals surface area contributed by atoms with E-state index in [1.165, 1.54) is 25.3 Å². The molecule has 0 spiro atoms. The molecule has 0 amide bonds. The number of hydrogen-bond acceptors (Lipinski definition) is 4. The second-order valence-electron chi connectivity index (χ2n) is 6.08. The van der Waals surface area contributed by atoms with Crippen molar-refractivity contribution in [2.24, 2.45) is 0 Å². The van der Waals surface area contributed by atoms with Gasteiger partial charge in [0.1, 0.15) is 11.6 Å². The Kier molecular flexibility index (Phi) is 5.18. The van der Waals surface area contributed by atoms with Crippen LogP contribution in [0.15, 0.2) is 53.4 Å². The van der Waals surface area contributed by atoms with Crippen LogP contribution in [0.5, 0.6) is 5.75 Å². The summed E-state index contributed by atoms with van der Waals surface area (Å²) in [7, 11) is -2.27. The first-order valence-electron chi connectivity index (χ1n) is 8.26. The van der Waals surface area contributed by atoms with Gasteiger partial charge in [0.25, 0.3) is 10.0 Å². The predicted molar refractivity (Wildman–Crippen MR) is 101 cm³/mol. The van der Waals surface area contributed by atoms with Crippen molar-refractivity contribution in [2.45, 2.75) is 25.3 Å². The van der Waals surface area contributed by atoms with Gasteiger partial charge in [-0.3, -0.25) is 9.40 Å². The van der Waals surface area contributed by atoms with Gasteiger partial charge in [0.2, 0.25) is 0 Å². The first-order valence-corrected chi connectivity index (χ1v) is 9.74. The molecule has 3 rings (SSSR count). The molecule has 2 aromatic carbocycles. The Morgan fingerprint density at radius 2 is 1.78 bits per heavy atom. The van der Waals surface area contributed by atoms with E-state index in [1.807, 2.05) is 0 Å². The van der Waals surface area contributed by atoms with E-state index in [0.29, 0.717) is 28.4 Å². The molecule has 3 aromatic rings. The van der Waals surface area contributed by atoms with E-state index in [1.54, 1.807) is 48.9 Å². The number of rotatable bonds is 6. The molecule has 0 aliphatic heterocycles. The molecule has 8 heteroatoms. The number of methoxy groups -OCH3 is 1. The molecule has 142 valence electrons. The van der Waals surface area contributed by atoms with Crippen LogP contribution in [0, 0.1) is 19.7 Å². The quantitative estimate of drug-likeness (QED) is 0.700. The highest BCUT2D eigenvalue weighted by molar-refractivity contribution is 7.92. The minimum Gasteiger partial charge on any atom is -0.497 e. The summed E-state index contributed by atoms with van der Waals surface area (Å²) in [5, 5.41) is 4.35. The van der Waals surface area contributed by atoms with Gasteiger partial charge in [-0.15, -0.1) is 0 Å². The molecule has 0 saturated heterocycles. The number of hydrogen-bond donors (Lipinski definition) is 1. The van der Waals surface area contributed by atoms with Gasteiger partial charge in [-0.05, 0) is 44.2 Å². The fourth-order valence-corrected chi connectivity index (χ4v) is 3.91. The number of anilines is 1. The maximum absolute atomic E-state index is 13.9. The average molecular weight is 389 g/mol. The van der Waals surface area contributed by atoms with Crippen LogP contribution in [0.25, 0.3) is 0 Å². The number of sulfonamides is 1. The Morgan fingerprint density at radius 3 is 2.41 bits per heavy atom. The zero-order valence-electron chi connectivity index (χ0n) is 15.2. The van der Waals surface area contributed by atoms with Gasteiger partial charge in [-0.2, -0.15) is 5.10 Å². The van der Waals surface area contributed by atoms with Crippen molar-refractivity contribution in [3.63, 3.8) is 0 Å².